The van der Waals surface area contributed by atoms with Crippen LogP contribution in [0.1, 0.15) is 52.0 Å². The molecule has 3 aromatic rings. The summed E-state index contributed by atoms with van der Waals surface area (Å²) in [6, 6.07) is 11.3. The molecule has 2 aromatic carbocycles. The summed E-state index contributed by atoms with van der Waals surface area (Å²) in [6.07, 6.45) is -3.14. The predicted molar refractivity (Wildman–Crippen MR) is 138 cm³/mol. The average Bonchev–Trinajstić information content (AvgIpc) is 3.38. The van der Waals surface area contributed by atoms with Crippen molar-refractivity contribution in [3.63, 3.8) is 0 Å². The molecule has 39 heavy (non-hydrogen) atoms. The maximum Gasteiger partial charge on any atom is 0.416 e. The van der Waals surface area contributed by atoms with Crippen molar-refractivity contribution < 1.29 is 31.9 Å². The molecule has 4 rings (SSSR count). The number of esters is 1. The van der Waals surface area contributed by atoms with Gasteiger partial charge in [-0.2, -0.15) is 13.2 Å². The van der Waals surface area contributed by atoms with Crippen LogP contribution in [0.3, 0.4) is 0 Å². The second-order valence-electron chi connectivity index (χ2n) is 9.40. The Labute approximate surface area is 228 Å². The smallest absolute Gasteiger partial charge is 0.416 e. The third kappa shape index (κ3) is 7.63. The van der Waals surface area contributed by atoms with E-state index in [9.17, 15) is 27.2 Å². The highest BCUT2D eigenvalue weighted by Crippen LogP contribution is 2.30. The van der Waals surface area contributed by atoms with Gasteiger partial charge in [-0.05, 0) is 37.5 Å². The SMILES string of the molecule is CCOC(=O)C1CCCN(C(=O)c2csc(CN(Cc3cccc(C(F)(F)F)c3)Cc3ccccc3F)n2)C1. The summed E-state index contributed by atoms with van der Waals surface area (Å²) in [6.45, 7) is 3.25. The Hall–Kier alpha value is -3.31. The molecule has 2 heterocycles. The lowest BCUT2D eigenvalue weighted by Gasteiger charge is -2.31. The lowest BCUT2D eigenvalue weighted by molar-refractivity contribution is -0.149. The predicted octanol–water partition coefficient (Wildman–Crippen LogP) is 5.92. The average molecular weight is 564 g/mol. The number of amides is 1. The monoisotopic (exact) mass is 563 g/mol. The van der Waals surface area contributed by atoms with Crippen molar-refractivity contribution in [3.05, 3.63) is 87.1 Å². The van der Waals surface area contributed by atoms with Crippen molar-refractivity contribution in [1.82, 2.24) is 14.8 Å². The highest BCUT2D eigenvalue weighted by Gasteiger charge is 2.32. The number of thiazole rings is 1. The second kappa shape index (κ2) is 12.7. The first-order chi connectivity index (χ1) is 18.6. The van der Waals surface area contributed by atoms with Gasteiger partial charge < -0.3 is 9.64 Å². The zero-order valence-electron chi connectivity index (χ0n) is 21.4. The number of carbonyl (C=O) groups excluding carboxylic acids is 2. The van der Waals surface area contributed by atoms with E-state index in [0.717, 1.165) is 12.1 Å². The first-order valence-corrected chi connectivity index (χ1v) is 13.5. The normalized spacial score (nSPS) is 15.9. The van der Waals surface area contributed by atoms with Gasteiger partial charge in [0, 0.05) is 37.1 Å². The second-order valence-corrected chi connectivity index (χ2v) is 10.3. The summed E-state index contributed by atoms with van der Waals surface area (Å²) >= 11 is 1.25. The lowest BCUT2D eigenvalue weighted by Crippen LogP contribution is -2.43. The van der Waals surface area contributed by atoms with Crippen molar-refractivity contribution in [3.8, 4) is 0 Å². The van der Waals surface area contributed by atoms with E-state index in [-0.39, 0.29) is 56.3 Å². The van der Waals surface area contributed by atoms with Gasteiger partial charge in [-0.1, -0.05) is 36.4 Å². The molecule has 6 nitrogen and oxygen atoms in total. The number of likely N-dealkylation sites (tertiary alicyclic amines) is 1. The molecule has 208 valence electrons. The van der Waals surface area contributed by atoms with E-state index in [1.54, 1.807) is 46.4 Å². The standard InChI is InChI=1S/C28H29F4N3O3S/c1-2-38-27(37)21-9-6-12-35(16-21)26(36)24-18-39-25(33-24)17-34(15-20-8-3-4-11-23(20)29)14-19-7-5-10-22(13-19)28(30,31)32/h3-5,7-8,10-11,13,18,21H,2,6,9,12,14-17H2,1H3. The Bertz CT molecular complexity index is 1300. The molecule has 1 aliphatic rings. The Balaban J connectivity index is 1.50. The van der Waals surface area contributed by atoms with Gasteiger partial charge in [-0.3, -0.25) is 14.5 Å². The minimum atomic E-state index is -4.47. The van der Waals surface area contributed by atoms with Crippen LogP contribution >= 0.6 is 11.3 Å². The largest absolute Gasteiger partial charge is 0.466 e. The molecular formula is C28H29F4N3O3S. The molecule has 1 atom stereocenters. The van der Waals surface area contributed by atoms with Crippen LogP contribution in [0.2, 0.25) is 0 Å². The molecule has 0 radical (unpaired) electrons. The number of hydrogen-bond donors (Lipinski definition) is 0. The van der Waals surface area contributed by atoms with Gasteiger partial charge in [0.2, 0.25) is 0 Å². The maximum absolute atomic E-state index is 14.4. The Morgan fingerprint density at radius 1 is 1.13 bits per heavy atom. The van der Waals surface area contributed by atoms with Gasteiger partial charge in [-0.25, -0.2) is 9.37 Å². The molecule has 0 bridgehead atoms. The molecular weight excluding hydrogens is 534 g/mol. The molecule has 0 saturated carbocycles. The number of piperidine rings is 1. The summed E-state index contributed by atoms with van der Waals surface area (Å²) in [4.78, 5) is 33.2. The molecule has 1 unspecified atom stereocenters. The Morgan fingerprint density at radius 2 is 1.92 bits per heavy atom. The number of nitrogens with zero attached hydrogens (tertiary/aromatic N) is 3. The molecule has 1 aliphatic heterocycles. The van der Waals surface area contributed by atoms with Crippen molar-refractivity contribution in [2.75, 3.05) is 19.7 Å². The van der Waals surface area contributed by atoms with Gasteiger partial charge in [0.15, 0.2) is 0 Å². The minimum Gasteiger partial charge on any atom is -0.466 e. The van der Waals surface area contributed by atoms with Crippen LogP contribution in [0.4, 0.5) is 17.6 Å². The minimum absolute atomic E-state index is 0.120. The number of hydrogen-bond acceptors (Lipinski definition) is 6. The van der Waals surface area contributed by atoms with E-state index in [1.165, 1.54) is 23.5 Å². The van der Waals surface area contributed by atoms with E-state index < -0.39 is 17.6 Å². The third-order valence-electron chi connectivity index (χ3n) is 6.47. The summed E-state index contributed by atoms with van der Waals surface area (Å²) in [5, 5.41) is 2.21. The maximum atomic E-state index is 14.4. The Morgan fingerprint density at radius 3 is 2.67 bits per heavy atom. The van der Waals surface area contributed by atoms with Crippen molar-refractivity contribution in [1.29, 1.82) is 0 Å². The van der Waals surface area contributed by atoms with E-state index in [0.29, 0.717) is 35.5 Å². The van der Waals surface area contributed by atoms with Gasteiger partial charge >= 0.3 is 12.1 Å². The summed E-state index contributed by atoms with van der Waals surface area (Å²) in [5.41, 5.74) is 0.308. The van der Waals surface area contributed by atoms with Gasteiger partial charge in [0.25, 0.3) is 5.91 Å². The van der Waals surface area contributed by atoms with Crippen LogP contribution < -0.4 is 0 Å². The number of alkyl halides is 3. The molecule has 11 heteroatoms. The van der Waals surface area contributed by atoms with Crippen molar-refractivity contribution in [2.24, 2.45) is 5.92 Å². The van der Waals surface area contributed by atoms with Crippen LogP contribution in [0.15, 0.2) is 53.9 Å². The number of aromatic nitrogens is 1. The van der Waals surface area contributed by atoms with E-state index >= 15 is 0 Å². The molecule has 0 N–H and O–H groups in total. The molecule has 1 aromatic heterocycles. The van der Waals surface area contributed by atoms with Crippen LogP contribution in [0.25, 0.3) is 0 Å². The lowest BCUT2D eigenvalue weighted by atomic mass is 9.98. The first-order valence-electron chi connectivity index (χ1n) is 12.7. The molecule has 1 fully saturated rings. The summed E-state index contributed by atoms with van der Waals surface area (Å²) in [7, 11) is 0. The highest BCUT2D eigenvalue weighted by molar-refractivity contribution is 7.09. The molecule has 1 saturated heterocycles. The van der Waals surface area contributed by atoms with Crippen molar-refractivity contribution in [2.45, 2.75) is 45.6 Å². The van der Waals surface area contributed by atoms with Crippen LogP contribution in [-0.2, 0) is 35.3 Å². The number of carbonyl (C=O) groups is 2. The van der Waals surface area contributed by atoms with Crippen LogP contribution in [0, 0.1) is 11.7 Å². The Kier molecular flexibility index (Phi) is 9.34. The molecule has 1 amide bonds. The van der Waals surface area contributed by atoms with E-state index in [2.05, 4.69) is 4.98 Å². The zero-order chi connectivity index (χ0) is 28.0. The number of halogens is 4. The summed E-state index contributed by atoms with van der Waals surface area (Å²) < 4.78 is 59.3. The third-order valence-corrected chi connectivity index (χ3v) is 7.30. The first kappa shape index (κ1) is 28.7. The molecule has 0 spiro atoms. The van der Waals surface area contributed by atoms with Gasteiger partial charge in [0.05, 0.1) is 24.6 Å². The number of ether oxygens (including phenoxy) is 1. The van der Waals surface area contributed by atoms with E-state index in [1.807, 2.05) is 0 Å². The highest BCUT2D eigenvalue weighted by atomic mass is 32.1. The van der Waals surface area contributed by atoms with Gasteiger partial charge in [0.1, 0.15) is 16.5 Å². The molecule has 0 aliphatic carbocycles. The number of rotatable bonds is 9. The fourth-order valence-electron chi connectivity index (χ4n) is 4.59. The summed E-state index contributed by atoms with van der Waals surface area (Å²) in [5.74, 6) is -1.38. The topological polar surface area (TPSA) is 62.7 Å². The van der Waals surface area contributed by atoms with E-state index in [4.69, 9.17) is 4.74 Å². The van der Waals surface area contributed by atoms with Gasteiger partial charge in [-0.15, -0.1) is 11.3 Å². The zero-order valence-corrected chi connectivity index (χ0v) is 22.2. The van der Waals surface area contributed by atoms with Crippen molar-refractivity contribution >= 4 is 23.2 Å². The van der Waals surface area contributed by atoms with Crippen LogP contribution in [0.5, 0.6) is 0 Å². The fourth-order valence-corrected chi connectivity index (χ4v) is 5.40. The quantitative estimate of drug-likeness (QED) is 0.239. The van der Waals surface area contributed by atoms with Crippen LogP contribution in [-0.4, -0.2) is 46.4 Å². The fraction of sp³-hybridized carbons (Fsp3) is 0.393. The number of benzene rings is 2.